The van der Waals surface area contributed by atoms with Crippen LogP contribution in [0.1, 0.15) is 18.3 Å². The average Bonchev–Trinajstić information content (AvgIpc) is 2.36. The summed E-state index contributed by atoms with van der Waals surface area (Å²) >= 11 is 0. The van der Waals surface area contributed by atoms with Gasteiger partial charge in [0.15, 0.2) is 0 Å². The summed E-state index contributed by atoms with van der Waals surface area (Å²) in [5, 5.41) is 0. The van der Waals surface area contributed by atoms with E-state index < -0.39 is 19.4 Å². The molecule has 94 valence electrons. The number of rotatable bonds is 5. The van der Waals surface area contributed by atoms with Crippen LogP contribution < -0.4 is 0 Å². The minimum absolute atomic E-state index is 0.548. The monoisotopic (exact) mass is 258 g/mol. The first-order valence-corrected chi connectivity index (χ1v) is 6.58. The van der Waals surface area contributed by atoms with Crippen LogP contribution in [-0.2, 0) is 23.1 Å². The first-order chi connectivity index (χ1) is 8.03. The predicted molar refractivity (Wildman–Crippen MR) is 62.6 cm³/mol. The first kappa shape index (κ1) is 13.9. The van der Waals surface area contributed by atoms with Crippen LogP contribution in [0.3, 0.4) is 0 Å². The minimum Gasteiger partial charge on any atom is -0.445 e. The molecule has 0 radical (unpaired) electrons. The number of esters is 1. The van der Waals surface area contributed by atoms with Crippen molar-refractivity contribution in [1.29, 1.82) is 0 Å². The Hall–Kier alpha value is -1.16. The van der Waals surface area contributed by atoms with Gasteiger partial charge in [-0.05, 0) is 0 Å². The average molecular weight is 258 g/mol. The molecule has 0 aliphatic heterocycles. The van der Waals surface area contributed by atoms with E-state index in [1.165, 1.54) is 21.1 Å². The van der Waals surface area contributed by atoms with E-state index >= 15 is 0 Å². The highest BCUT2D eigenvalue weighted by atomic mass is 31.2. The first-order valence-electron chi connectivity index (χ1n) is 4.97. The van der Waals surface area contributed by atoms with Gasteiger partial charge in [0.1, 0.15) is 0 Å². The highest BCUT2D eigenvalue weighted by molar-refractivity contribution is 7.54. The SMILES string of the molecule is COP(=O)(OC)C(OC(C)=O)c1ccccc1. The lowest BCUT2D eigenvalue weighted by Gasteiger charge is -2.23. The molecular formula is C11H15O5P. The van der Waals surface area contributed by atoms with Crippen molar-refractivity contribution >= 4 is 13.6 Å². The van der Waals surface area contributed by atoms with Crippen LogP contribution in [0.25, 0.3) is 0 Å². The smallest absolute Gasteiger partial charge is 0.375 e. The molecule has 0 aliphatic rings. The third-order valence-electron chi connectivity index (χ3n) is 2.16. The Morgan fingerprint density at radius 1 is 1.18 bits per heavy atom. The van der Waals surface area contributed by atoms with Crippen LogP contribution >= 0.6 is 7.60 Å². The Morgan fingerprint density at radius 3 is 2.12 bits per heavy atom. The number of hydrogen-bond acceptors (Lipinski definition) is 5. The topological polar surface area (TPSA) is 61.8 Å². The predicted octanol–water partition coefficient (Wildman–Crippen LogP) is 2.73. The third kappa shape index (κ3) is 3.40. The van der Waals surface area contributed by atoms with Crippen LogP contribution in [-0.4, -0.2) is 20.2 Å². The van der Waals surface area contributed by atoms with Crippen molar-refractivity contribution in [1.82, 2.24) is 0 Å². The molecule has 17 heavy (non-hydrogen) atoms. The highest BCUT2D eigenvalue weighted by Crippen LogP contribution is 2.60. The molecule has 1 rings (SSSR count). The molecule has 1 unspecified atom stereocenters. The molecule has 0 spiro atoms. The van der Waals surface area contributed by atoms with E-state index in [1.807, 2.05) is 0 Å². The molecule has 0 amide bonds. The standard InChI is InChI=1S/C11H15O5P/c1-9(12)16-11(17(13,14-2)15-3)10-7-5-4-6-8-10/h4-8,11H,1-3H3. The van der Waals surface area contributed by atoms with Crippen molar-refractivity contribution in [3.05, 3.63) is 35.9 Å². The fraction of sp³-hybridized carbons (Fsp3) is 0.364. The molecule has 1 aromatic rings. The number of carbonyl (C=O) groups excluding carboxylic acids is 1. The molecule has 5 nitrogen and oxygen atoms in total. The van der Waals surface area contributed by atoms with Gasteiger partial charge < -0.3 is 13.8 Å². The molecule has 0 aromatic heterocycles. The van der Waals surface area contributed by atoms with Crippen LogP contribution in [0.15, 0.2) is 30.3 Å². The van der Waals surface area contributed by atoms with Crippen LogP contribution in [0.5, 0.6) is 0 Å². The molecule has 0 N–H and O–H groups in total. The van der Waals surface area contributed by atoms with Crippen molar-refractivity contribution in [3.63, 3.8) is 0 Å². The third-order valence-corrected chi connectivity index (χ3v) is 4.15. The normalized spacial score (nSPS) is 13.1. The van der Waals surface area contributed by atoms with Crippen molar-refractivity contribution in [2.24, 2.45) is 0 Å². The summed E-state index contributed by atoms with van der Waals surface area (Å²) < 4.78 is 27.0. The molecule has 1 atom stereocenters. The maximum absolute atomic E-state index is 12.3. The Labute approximate surface area is 100 Å². The largest absolute Gasteiger partial charge is 0.445 e. The van der Waals surface area contributed by atoms with Gasteiger partial charge in [0.05, 0.1) is 0 Å². The second kappa shape index (κ2) is 5.96. The van der Waals surface area contributed by atoms with Crippen molar-refractivity contribution in [2.45, 2.75) is 12.8 Å². The van der Waals surface area contributed by atoms with Crippen molar-refractivity contribution < 1.29 is 23.1 Å². The second-order valence-corrected chi connectivity index (χ2v) is 5.56. The van der Waals surface area contributed by atoms with E-state index in [4.69, 9.17) is 13.8 Å². The van der Waals surface area contributed by atoms with Gasteiger partial charge in [-0.2, -0.15) is 0 Å². The fourth-order valence-corrected chi connectivity index (χ4v) is 2.70. The van der Waals surface area contributed by atoms with Gasteiger partial charge in [0.25, 0.3) is 0 Å². The highest BCUT2D eigenvalue weighted by Gasteiger charge is 2.38. The summed E-state index contributed by atoms with van der Waals surface area (Å²) in [7, 11) is -1.00. The Morgan fingerprint density at radius 2 is 1.71 bits per heavy atom. The van der Waals surface area contributed by atoms with Gasteiger partial charge in [-0.15, -0.1) is 0 Å². The lowest BCUT2D eigenvalue weighted by atomic mass is 10.2. The number of carbonyl (C=O) groups is 1. The van der Waals surface area contributed by atoms with Crippen LogP contribution in [0.2, 0.25) is 0 Å². The number of ether oxygens (including phenoxy) is 1. The van der Waals surface area contributed by atoms with Crippen LogP contribution in [0.4, 0.5) is 0 Å². The van der Waals surface area contributed by atoms with Crippen molar-refractivity contribution in [2.75, 3.05) is 14.2 Å². The maximum Gasteiger partial charge on any atom is 0.375 e. The van der Waals surface area contributed by atoms with Gasteiger partial charge in [0.2, 0.25) is 5.85 Å². The van der Waals surface area contributed by atoms with Gasteiger partial charge in [-0.3, -0.25) is 9.36 Å². The van der Waals surface area contributed by atoms with Crippen LogP contribution in [0, 0.1) is 0 Å². The molecule has 0 saturated heterocycles. The zero-order chi connectivity index (χ0) is 12.9. The summed E-state index contributed by atoms with van der Waals surface area (Å²) in [5.74, 6) is -1.59. The molecule has 0 aliphatic carbocycles. The molecule has 0 fully saturated rings. The summed E-state index contributed by atoms with van der Waals surface area (Å²) in [5.41, 5.74) is 0.565. The Bertz CT molecular complexity index is 409. The summed E-state index contributed by atoms with van der Waals surface area (Å²) in [6, 6.07) is 8.69. The molecule has 1 aromatic carbocycles. The van der Waals surface area contributed by atoms with E-state index in [1.54, 1.807) is 30.3 Å². The van der Waals surface area contributed by atoms with E-state index in [9.17, 15) is 9.36 Å². The number of benzene rings is 1. The van der Waals surface area contributed by atoms with Gasteiger partial charge in [0, 0.05) is 26.7 Å². The van der Waals surface area contributed by atoms with E-state index in [2.05, 4.69) is 0 Å². The van der Waals surface area contributed by atoms with E-state index in [0.717, 1.165) is 0 Å². The lowest BCUT2D eigenvalue weighted by molar-refractivity contribution is -0.143. The fourth-order valence-electron chi connectivity index (χ4n) is 1.36. The Balaban J connectivity index is 3.12. The Kier molecular flexibility index (Phi) is 4.87. The van der Waals surface area contributed by atoms with Gasteiger partial charge in [-0.25, -0.2) is 0 Å². The summed E-state index contributed by atoms with van der Waals surface area (Å²) in [6.07, 6.45) is 0. The van der Waals surface area contributed by atoms with E-state index in [-0.39, 0.29) is 0 Å². The molecule has 0 heterocycles. The summed E-state index contributed by atoms with van der Waals surface area (Å²) in [4.78, 5) is 11.1. The molecule has 6 heteroatoms. The van der Waals surface area contributed by atoms with E-state index in [0.29, 0.717) is 5.56 Å². The summed E-state index contributed by atoms with van der Waals surface area (Å²) in [6.45, 7) is 1.24. The zero-order valence-corrected chi connectivity index (χ0v) is 10.8. The molecule has 0 bridgehead atoms. The lowest BCUT2D eigenvalue weighted by Crippen LogP contribution is -2.11. The van der Waals surface area contributed by atoms with Gasteiger partial charge in [-0.1, -0.05) is 30.3 Å². The second-order valence-electron chi connectivity index (χ2n) is 3.28. The maximum atomic E-state index is 12.3. The quantitative estimate of drug-likeness (QED) is 0.600. The zero-order valence-electron chi connectivity index (χ0n) is 9.95. The number of hydrogen-bond donors (Lipinski definition) is 0. The van der Waals surface area contributed by atoms with Crippen molar-refractivity contribution in [3.8, 4) is 0 Å². The minimum atomic E-state index is -3.51. The molecular weight excluding hydrogens is 243 g/mol. The van der Waals surface area contributed by atoms with Gasteiger partial charge >= 0.3 is 13.6 Å². The molecule has 0 saturated carbocycles.